The highest BCUT2D eigenvalue weighted by atomic mass is 16.2. The molecule has 0 bridgehead atoms. The van der Waals surface area contributed by atoms with E-state index < -0.39 is 12.1 Å². The summed E-state index contributed by atoms with van der Waals surface area (Å²) in [5, 5.41) is 25.7. The normalized spacial score (nSPS) is 10.9. The summed E-state index contributed by atoms with van der Waals surface area (Å²) in [7, 11) is 0. The number of aryl methyl sites for hydroxylation is 2. The molecular weight excluding hydrogens is 691 g/mol. The largest absolute Gasteiger partial charge is 0.326 e. The zero-order chi connectivity index (χ0) is 37.7. The van der Waals surface area contributed by atoms with E-state index in [0.717, 1.165) is 45.1 Å². The number of aromatic nitrogens is 7. The summed E-state index contributed by atoms with van der Waals surface area (Å²) in [5.74, 6) is 1.96. The van der Waals surface area contributed by atoms with Gasteiger partial charge >= 0.3 is 12.1 Å². The van der Waals surface area contributed by atoms with Gasteiger partial charge in [0.15, 0.2) is 0 Å². The third-order valence-electron chi connectivity index (χ3n) is 8.61. The van der Waals surface area contributed by atoms with E-state index in [4.69, 9.17) is 5.10 Å². The highest BCUT2D eigenvalue weighted by molar-refractivity contribution is 6.00. The lowest BCUT2D eigenvalue weighted by Gasteiger charge is -2.13. The molecule has 0 saturated carbocycles. The maximum absolute atomic E-state index is 13.3. The van der Waals surface area contributed by atoms with Crippen molar-refractivity contribution in [1.29, 1.82) is 0 Å². The third-order valence-corrected chi connectivity index (χ3v) is 8.61. The molecule has 0 fully saturated rings. The molecule has 0 aliphatic carbocycles. The Bertz CT molecular complexity index is 2600. The lowest BCUT2D eigenvalue weighted by atomic mass is 10.0. The Morgan fingerprint density at radius 1 is 0.455 bits per heavy atom. The van der Waals surface area contributed by atoms with Crippen LogP contribution in [-0.2, 0) is 0 Å². The van der Waals surface area contributed by atoms with E-state index >= 15 is 0 Å². The van der Waals surface area contributed by atoms with Crippen molar-refractivity contribution in [3.8, 4) is 39.4 Å². The van der Waals surface area contributed by atoms with Gasteiger partial charge in [-0.15, -0.1) is 0 Å². The number of amides is 4. The number of pyridine rings is 1. The fraction of sp³-hybridized carbons (Fsp3) is 0.0476. The van der Waals surface area contributed by atoms with Gasteiger partial charge in [-0.3, -0.25) is 21.3 Å². The summed E-state index contributed by atoms with van der Waals surface area (Å²) in [5.41, 5.74) is 7.36. The van der Waals surface area contributed by atoms with E-state index in [1.54, 1.807) is 38.4 Å². The Hall–Kier alpha value is -7.80. The standard InChI is InChI=1S/C42H35N11O2/c1-28-24-38(51(48-28)33-15-7-4-8-16-33)45-42(55)46-39-25-29(2)49-53(39)35-17-11-14-32(26-35)30-19-21-34(22-20-30)52-40(27-36(50-52)31-12-5-3-6-13-31)47-41(54)44-37-18-9-10-23-43-37/h3-27H,1-2H3,(H2,45,46,55)(H2,43,44,47,54). The van der Waals surface area contributed by atoms with Gasteiger partial charge < -0.3 is 0 Å². The van der Waals surface area contributed by atoms with Crippen LogP contribution in [0.1, 0.15) is 11.4 Å². The topological polar surface area (TPSA) is 149 Å². The van der Waals surface area contributed by atoms with Crippen molar-refractivity contribution >= 4 is 35.3 Å². The van der Waals surface area contributed by atoms with Crippen molar-refractivity contribution in [2.75, 3.05) is 21.3 Å². The molecule has 4 amide bonds. The smallest absolute Gasteiger partial charge is 0.292 e. The van der Waals surface area contributed by atoms with Crippen LogP contribution >= 0.6 is 0 Å². The van der Waals surface area contributed by atoms with Crippen molar-refractivity contribution in [2.24, 2.45) is 0 Å². The van der Waals surface area contributed by atoms with Crippen molar-refractivity contribution in [3.63, 3.8) is 0 Å². The number of carbonyl (C=O) groups is 2. The van der Waals surface area contributed by atoms with Gasteiger partial charge in [-0.25, -0.2) is 28.6 Å². The first-order chi connectivity index (χ1) is 26.9. The number of nitrogens with zero attached hydrogens (tertiary/aromatic N) is 7. The predicted octanol–water partition coefficient (Wildman–Crippen LogP) is 8.88. The molecule has 4 aromatic carbocycles. The molecule has 0 aliphatic rings. The first-order valence-electron chi connectivity index (χ1n) is 17.5. The van der Waals surface area contributed by atoms with E-state index in [1.807, 2.05) is 141 Å². The molecule has 0 radical (unpaired) electrons. The van der Waals surface area contributed by atoms with Crippen LogP contribution in [0.5, 0.6) is 0 Å². The van der Waals surface area contributed by atoms with Crippen LogP contribution in [0.4, 0.5) is 32.9 Å². The Balaban J connectivity index is 1.03. The van der Waals surface area contributed by atoms with Crippen LogP contribution in [0.25, 0.3) is 39.4 Å². The van der Waals surface area contributed by atoms with Crippen molar-refractivity contribution in [2.45, 2.75) is 13.8 Å². The minimum atomic E-state index is -0.443. The zero-order valence-electron chi connectivity index (χ0n) is 29.9. The van der Waals surface area contributed by atoms with E-state index in [2.05, 4.69) is 36.4 Å². The van der Waals surface area contributed by atoms with Crippen molar-refractivity contribution in [1.82, 2.24) is 34.3 Å². The molecule has 0 atom stereocenters. The zero-order valence-corrected chi connectivity index (χ0v) is 29.9. The fourth-order valence-corrected chi connectivity index (χ4v) is 6.13. The number of hydrogen-bond acceptors (Lipinski definition) is 6. The predicted molar refractivity (Wildman–Crippen MR) is 214 cm³/mol. The maximum Gasteiger partial charge on any atom is 0.326 e. The number of benzene rings is 4. The molecule has 0 aliphatic heterocycles. The lowest BCUT2D eigenvalue weighted by molar-refractivity contribution is 0.261. The molecule has 0 unspecified atom stereocenters. The second kappa shape index (κ2) is 15.0. The summed E-state index contributed by atoms with van der Waals surface area (Å²) in [6, 6.07) is 45.1. The summed E-state index contributed by atoms with van der Waals surface area (Å²) in [6.07, 6.45) is 1.61. The molecule has 0 saturated heterocycles. The number of hydrogen-bond donors (Lipinski definition) is 4. The quantitative estimate of drug-likeness (QED) is 0.117. The van der Waals surface area contributed by atoms with Gasteiger partial charge in [0.25, 0.3) is 0 Å². The van der Waals surface area contributed by atoms with Crippen LogP contribution in [0.3, 0.4) is 0 Å². The van der Waals surface area contributed by atoms with Crippen molar-refractivity contribution in [3.05, 3.63) is 163 Å². The van der Waals surface area contributed by atoms with Crippen LogP contribution in [0.15, 0.2) is 152 Å². The molecule has 55 heavy (non-hydrogen) atoms. The molecule has 4 aromatic heterocycles. The molecule has 13 heteroatoms. The number of nitrogens with one attached hydrogen (secondary N) is 4. The monoisotopic (exact) mass is 725 g/mol. The Morgan fingerprint density at radius 3 is 1.64 bits per heavy atom. The summed E-state index contributed by atoms with van der Waals surface area (Å²) < 4.78 is 5.10. The average molecular weight is 726 g/mol. The SMILES string of the molecule is Cc1cc(NC(=O)Nc2cc(C)nn2-c2cccc(-c3ccc(-n4nc(-c5ccccc5)cc4NC(=O)Nc4ccccn4)cc3)c2)n(-c2ccccc2)n1. The second-order valence-corrected chi connectivity index (χ2v) is 12.7. The highest BCUT2D eigenvalue weighted by Crippen LogP contribution is 2.29. The third kappa shape index (κ3) is 7.71. The van der Waals surface area contributed by atoms with Crippen LogP contribution < -0.4 is 21.3 Å². The molecular formula is C42H35N11O2. The fourth-order valence-electron chi connectivity index (χ4n) is 6.13. The molecule has 4 heterocycles. The van der Waals surface area contributed by atoms with E-state index in [9.17, 15) is 9.59 Å². The van der Waals surface area contributed by atoms with Gasteiger partial charge in [0.05, 0.1) is 34.1 Å². The number of anilines is 4. The van der Waals surface area contributed by atoms with E-state index in [-0.39, 0.29) is 0 Å². The molecule has 8 rings (SSSR count). The second-order valence-electron chi connectivity index (χ2n) is 12.7. The summed E-state index contributed by atoms with van der Waals surface area (Å²) in [6.45, 7) is 3.75. The van der Waals surface area contributed by atoms with Gasteiger partial charge in [0.2, 0.25) is 0 Å². The molecule has 13 nitrogen and oxygen atoms in total. The van der Waals surface area contributed by atoms with Crippen LogP contribution in [-0.4, -0.2) is 46.4 Å². The average Bonchev–Trinajstić information content (AvgIpc) is 3.91. The van der Waals surface area contributed by atoms with Crippen molar-refractivity contribution < 1.29 is 9.59 Å². The highest BCUT2D eigenvalue weighted by Gasteiger charge is 2.17. The molecule has 270 valence electrons. The lowest BCUT2D eigenvalue weighted by Crippen LogP contribution is -2.22. The number of carbonyl (C=O) groups excluding carboxylic acids is 2. The van der Waals surface area contributed by atoms with E-state index in [1.165, 1.54) is 0 Å². The maximum atomic E-state index is 13.3. The minimum Gasteiger partial charge on any atom is -0.292 e. The first-order valence-corrected chi connectivity index (χ1v) is 17.5. The summed E-state index contributed by atoms with van der Waals surface area (Å²) in [4.78, 5) is 30.5. The minimum absolute atomic E-state index is 0.429. The van der Waals surface area contributed by atoms with E-state index in [0.29, 0.717) is 29.0 Å². The Morgan fingerprint density at radius 2 is 0.982 bits per heavy atom. The first kappa shape index (κ1) is 34.3. The number of urea groups is 2. The molecule has 4 N–H and O–H groups in total. The number of rotatable bonds is 9. The van der Waals surface area contributed by atoms with Gasteiger partial charge in [0.1, 0.15) is 23.3 Å². The van der Waals surface area contributed by atoms with Gasteiger partial charge in [-0.2, -0.15) is 15.3 Å². The van der Waals surface area contributed by atoms with Crippen LogP contribution in [0, 0.1) is 13.8 Å². The number of para-hydroxylation sites is 1. The Kier molecular flexibility index (Phi) is 9.38. The Labute approximate surface area is 316 Å². The molecule has 8 aromatic rings. The summed E-state index contributed by atoms with van der Waals surface area (Å²) >= 11 is 0. The van der Waals surface area contributed by atoms with Crippen LogP contribution in [0.2, 0.25) is 0 Å². The van der Waals surface area contributed by atoms with Gasteiger partial charge in [-0.05, 0) is 73.5 Å². The van der Waals surface area contributed by atoms with Gasteiger partial charge in [0, 0.05) is 30.0 Å². The van der Waals surface area contributed by atoms with Gasteiger partial charge in [-0.1, -0.05) is 78.9 Å². The molecule has 0 spiro atoms.